The van der Waals surface area contributed by atoms with Crippen molar-refractivity contribution in [2.24, 2.45) is 0 Å². The molecule has 0 bridgehead atoms. The second kappa shape index (κ2) is 6.87. The summed E-state index contributed by atoms with van der Waals surface area (Å²) in [5.41, 5.74) is -0.505. The van der Waals surface area contributed by atoms with Crippen molar-refractivity contribution >= 4 is 28.8 Å². The van der Waals surface area contributed by atoms with Gasteiger partial charge >= 0.3 is 6.18 Å². The average Bonchev–Trinajstić information content (AvgIpc) is 3.25. The van der Waals surface area contributed by atoms with Gasteiger partial charge in [0.25, 0.3) is 5.91 Å². The lowest BCUT2D eigenvalue weighted by atomic mass is 10.1. The Morgan fingerprint density at radius 3 is 2.48 bits per heavy atom. The van der Waals surface area contributed by atoms with Gasteiger partial charge in [-0.25, -0.2) is 0 Å². The fourth-order valence-electron chi connectivity index (χ4n) is 2.79. The van der Waals surface area contributed by atoms with E-state index in [1.54, 1.807) is 17.5 Å². The summed E-state index contributed by atoms with van der Waals surface area (Å²) in [7, 11) is 0. The molecular weight excluding hydrogens is 353 g/mol. The van der Waals surface area contributed by atoms with Crippen molar-refractivity contribution in [3.63, 3.8) is 0 Å². The Labute approximate surface area is 146 Å². The second-order valence-corrected chi connectivity index (χ2v) is 6.65. The highest BCUT2D eigenvalue weighted by Crippen LogP contribution is 2.30. The first-order valence-electron chi connectivity index (χ1n) is 7.69. The largest absolute Gasteiger partial charge is 0.416 e. The van der Waals surface area contributed by atoms with E-state index in [-0.39, 0.29) is 17.5 Å². The van der Waals surface area contributed by atoms with E-state index in [0.717, 1.165) is 12.1 Å². The number of carbonyl (C=O) groups is 2. The second-order valence-electron chi connectivity index (χ2n) is 5.70. The SMILES string of the molecule is O=C(Nc1ccc(C(F)(F)F)cc1)[C@H]1CCCN1C(=O)c1cccs1. The Balaban J connectivity index is 1.69. The topological polar surface area (TPSA) is 49.4 Å². The molecule has 1 aliphatic heterocycles. The summed E-state index contributed by atoms with van der Waals surface area (Å²) < 4.78 is 37.7. The number of likely N-dealkylation sites (tertiary alicyclic amines) is 1. The lowest BCUT2D eigenvalue weighted by molar-refractivity contribution is -0.137. The van der Waals surface area contributed by atoms with Crippen LogP contribution in [-0.2, 0) is 11.0 Å². The highest BCUT2D eigenvalue weighted by molar-refractivity contribution is 7.12. The van der Waals surface area contributed by atoms with Crippen LogP contribution in [0.5, 0.6) is 0 Å². The Bertz CT molecular complexity index is 757. The first kappa shape index (κ1) is 17.5. The summed E-state index contributed by atoms with van der Waals surface area (Å²) in [6, 6.07) is 7.11. The molecule has 2 heterocycles. The smallest absolute Gasteiger partial charge is 0.326 e. The summed E-state index contributed by atoms with van der Waals surface area (Å²) in [5, 5.41) is 4.39. The highest BCUT2D eigenvalue weighted by atomic mass is 32.1. The van der Waals surface area contributed by atoms with E-state index in [0.29, 0.717) is 24.3 Å². The zero-order chi connectivity index (χ0) is 18.0. The van der Waals surface area contributed by atoms with Gasteiger partial charge in [-0.05, 0) is 48.6 Å². The molecule has 132 valence electrons. The maximum Gasteiger partial charge on any atom is 0.416 e. The van der Waals surface area contributed by atoms with Crippen molar-refractivity contribution < 1.29 is 22.8 Å². The van der Waals surface area contributed by atoms with Crippen LogP contribution in [0.15, 0.2) is 41.8 Å². The maximum atomic E-state index is 12.6. The number of hydrogen-bond donors (Lipinski definition) is 1. The summed E-state index contributed by atoms with van der Waals surface area (Å²) >= 11 is 1.31. The van der Waals surface area contributed by atoms with E-state index < -0.39 is 17.8 Å². The third-order valence-electron chi connectivity index (χ3n) is 4.03. The molecule has 2 aromatic rings. The third kappa shape index (κ3) is 3.84. The molecule has 1 aromatic heterocycles. The van der Waals surface area contributed by atoms with Crippen molar-refractivity contribution in [3.8, 4) is 0 Å². The van der Waals surface area contributed by atoms with Crippen LogP contribution in [0.4, 0.5) is 18.9 Å². The van der Waals surface area contributed by atoms with Gasteiger partial charge in [0.15, 0.2) is 0 Å². The molecule has 1 aromatic carbocycles. The molecule has 1 atom stereocenters. The van der Waals surface area contributed by atoms with Gasteiger partial charge in [0, 0.05) is 12.2 Å². The maximum absolute atomic E-state index is 12.6. The highest BCUT2D eigenvalue weighted by Gasteiger charge is 2.35. The third-order valence-corrected chi connectivity index (χ3v) is 4.89. The lowest BCUT2D eigenvalue weighted by Gasteiger charge is -2.23. The van der Waals surface area contributed by atoms with Gasteiger partial charge in [-0.3, -0.25) is 9.59 Å². The minimum Gasteiger partial charge on any atom is -0.326 e. The summed E-state index contributed by atoms with van der Waals surface area (Å²) in [6.07, 6.45) is -3.18. The van der Waals surface area contributed by atoms with Crippen molar-refractivity contribution in [3.05, 3.63) is 52.2 Å². The quantitative estimate of drug-likeness (QED) is 0.890. The average molecular weight is 368 g/mol. The molecule has 2 amide bonds. The predicted octanol–water partition coefficient (Wildman–Crippen LogP) is 4.01. The van der Waals surface area contributed by atoms with Gasteiger partial charge in [0.1, 0.15) is 6.04 Å². The molecule has 1 aliphatic rings. The number of nitrogens with one attached hydrogen (secondary N) is 1. The predicted molar refractivity (Wildman–Crippen MR) is 88.5 cm³/mol. The number of anilines is 1. The van der Waals surface area contributed by atoms with Gasteiger partial charge in [-0.15, -0.1) is 11.3 Å². The number of alkyl halides is 3. The van der Waals surface area contributed by atoms with E-state index in [9.17, 15) is 22.8 Å². The number of amides is 2. The van der Waals surface area contributed by atoms with Crippen LogP contribution in [0.25, 0.3) is 0 Å². The molecule has 0 radical (unpaired) electrons. The molecule has 1 fully saturated rings. The van der Waals surface area contributed by atoms with Crippen LogP contribution >= 0.6 is 11.3 Å². The van der Waals surface area contributed by atoms with E-state index in [4.69, 9.17) is 0 Å². The van der Waals surface area contributed by atoms with E-state index in [1.807, 2.05) is 0 Å². The first-order chi connectivity index (χ1) is 11.9. The molecule has 3 rings (SSSR count). The molecule has 8 heteroatoms. The van der Waals surface area contributed by atoms with Crippen LogP contribution in [0.3, 0.4) is 0 Å². The number of carbonyl (C=O) groups excluding carboxylic acids is 2. The lowest BCUT2D eigenvalue weighted by Crippen LogP contribution is -2.42. The minimum absolute atomic E-state index is 0.194. The van der Waals surface area contributed by atoms with Crippen molar-refractivity contribution in [1.82, 2.24) is 4.90 Å². The van der Waals surface area contributed by atoms with Crippen molar-refractivity contribution in [2.45, 2.75) is 25.1 Å². The fraction of sp³-hybridized carbons (Fsp3) is 0.294. The van der Waals surface area contributed by atoms with Crippen LogP contribution < -0.4 is 5.32 Å². The Kier molecular flexibility index (Phi) is 4.80. The zero-order valence-electron chi connectivity index (χ0n) is 13.0. The van der Waals surface area contributed by atoms with Gasteiger partial charge in [-0.2, -0.15) is 13.2 Å². The van der Waals surface area contributed by atoms with Gasteiger partial charge in [0.2, 0.25) is 5.91 Å². The van der Waals surface area contributed by atoms with E-state index >= 15 is 0 Å². The molecule has 0 unspecified atom stereocenters. The summed E-state index contributed by atoms with van der Waals surface area (Å²) in [6.45, 7) is 0.488. The molecule has 0 aliphatic carbocycles. The van der Waals surface area contributed by atoms with Gasteiger partial charge in [0.05, 0.1) is 10.4 Å². The zero-order valence-corrected chi connectivity index (χ0v) is 13.9. The summed E-state index contributed by atoms with van der Waals surface area (Å²) in [4.78, 5) is 27.0. The van der Waals surface area contributed by atoms with E-state index in [1.165, 1.54) is 28.4 Å². The van der Waals surface area contributed by atoms with Crippen LogP contribution in [-0.4, -0.2) is 29.3 Å². The van der Waals surface area contributed by atoms with Crippen LogP contribution in [0.2, 0.25) is 0 Å². The fourth-order valence-corrected chi connectivity index (χ4v) is 3.47. The molecule has 4 nitrogen and oxygen atoms in total. The molecule has 1 saturated heterocycles. The number of hydrogen-bond acceptors (Lipinski definition) is 3. The summed E-state index contributed by atoms with van der Waals surface area (Å²) in [5.74, 6) is -0.581. The standard InChI is InChI=1S/C17H15F3N2O2S/c18-17(19,20)11-5-7-12(8-6-11)21-15(23)13-3-1-9-22(13)16(24)14-4-2-10-25-14/h2,4-8,10,13H,1,3,9H2,(H,21,23)/t13-/m1/s1. The Morgan fingerprint density at radius 1 is 1.16 bits per heavy atom. The minimum atomic E-state index is -4.42. The van der Waals surface area contributed by atoms with Gasteiger partial charge < -0.3 is 10.2 Å². The Morgan fingerprint density at radius 2 is 1.88 bits per heavy atom. The van der Waals surface area contributed by atoms with Crippen LogP contribution in [0.1, 0.15) is 28.1 Å². The number of rotatable bonds is 3. The molecule has 25 heavy (non-hydrogen) atoms. The molecule has 0 spiro atoms. The number of thiophene rings is 1. The molecule has 0 saturated carbocycles. The monoisotopic (exact) mass is 368 g/mol. The van der Waals surface area contributed by atoms with E-state index in [2.05, 4.69) is 5.32 Å². The van der Waals surface area contributed by atoms with Crippen molar-refractivity contribution in [2.75, 3.05) is 11.9 Å². The Hall–Kier alpha value is -2.35. The van der Waals surface area contributed by atoms with Crippen LogP contribution in [0, 0.1) is 0 Å². The number of benzene rings is 1. The first-order valence-corrected chi connectivity index (χ1v) is 8.57. The number of nitrogens with zero attached hydrogens (tertiary/aromatic N) is 1. The normalized spacial score (nSPS) is 17.6. The van der Waals surface area contributed by atoms with Crippen molar-refractivity contribution in [1.29, 1.82) is 0 Å². The van der Waals surface area contributed by atoms with Gasteiger partial charge in [-0.1, -0.05) is 6.07 Å². The number of halogens is 3. The molecular formula is C17H15F3N2O2S. The molecule has 1 N–H and O–H groups in total.